The minimum absolute atomic E-state index is 0.125. The number of nitrogens with zero attached hydrogens (tertiary/aromatic N) is 4. The highest BCUT2D eigenvalue weighted by Crippen LogP contribution is 1.72. The molecule has 0 aliphatic heterocycles. The van der Waals surface area contributed by atoms with Crippen LogP contribution >= 0.6 is 0 Å². The van der Waals surface area contributed by atoms with Crippen LogP contribution in [0.1, 0.15) is 5.82 Å². The van der Waals surface area contributed by atoms with Crippen molar-refractivity contribution in [2.24, 2.45) is 0 Å². The fourth-order valence-electron chi connectivity index (χ4n) is 0.238. The minimum Gasteiger partial charge on any atom is -0.357 e. The highest BCUT2D eigenvalue weighted by atomic mass is 15.2. The van der Waals surface area contributed by atoms with Gasteiger partial charge in [0.25, 0.3) is 0 Å². The van der Waals surface area contributed by atoms with Gasteiger partial charge in [0.15, 0.2) is 0 Å². The summed E-state index contributed by atoms with van der Waals surface area (Å²) in [6.45, 7) is 0. The molecule has 1 heterocycles. The van der Waals surface area contributed by atoms with Crippen molar-refractivity contribution >= 4 is 0 Å². The molecule has 34 valence electrons. The molecule has 0 saturated heterocycles. The summed E-state index contributed by atoms with van der Waals surface area (Å²) in [6, 6.07) is 1.72. The highest BCUT2D eigenvalue weighted by Gasteiger charge is 1.72. The molecule has 0 saturated carbocycles. The maximum absolute atomic E-state index is 8.01. The molecule has 4 nitrogen and oxygen atoms in total. The van der Waals surface area contributed by atoms with Gasteiger partial charge in [-0.05, 0) is 6.33 Å². The minimum atomic E-state index is 0.125. The molecule has 0 bridgehead atoms. The Morgan fingerprint density at radius 1 is 1.86 bits per heavy atom. The molecule has 0 amide bonds. The van der Waals surface area contributed by atoms with Crippen LogP contribution < -0.4 is 4.98 Å². The van der Waals surface area contributed by atoms with Gasteiger partial charge in [-0.15, -0.1) is 0 Å². The van der Waals surface area contributed by atoms with Crippen LogP contribution in [0, 0.1) is 11.3 Å². The summed E-state index contributed by atoms with van der Waals surface area (Å²) in [5.74, 6) is 0.125. The Morgan fingerprint density at radius 2 is 2.71 bits per heavy atom. The van der Waals surface area contributed by atoms with E-state index in [4.69, 9.17) is 5.26 Å². The Balaban J connectivity index is 3.04. The first-order valence-electron chi connectivity index (χ1n) is 1.64. The summed E-state index contributed by atoms with van der Waals surface area (Å²) in [4.78, 5) is 3.45. The van der Waals surface area contributed by atoms with E-state index in [9.17, 15) is 0 Å². The first kappa shape index (κ1) is 3.81. The quantitative estimate of drug-likeness (QED) is 0.425. The zero-order valence-corrected chi connectivity index (χ0v) is 3.37. The SMILES string of the molecule is N#Cc1nnc[n-]1. The summed E-state index contributed by atoms with van der Waals surface area (Å²) in [6.07, 6.45) is 1.23. The van der Waals surface area contributed by atoms with Crippen LogP contribution in [0.4, 0.5) is 0 Å². The lowest BCUT2D eigenvalue weighted by Crippen LogP contribution is -1.75. The maximum Gasteiger partial charge on any atom is 0.105 e. The van der Waals surface area contributed by atoms with Gasteiger partial charge in [0.1, 0.15) is 6.07 Å². The molecule has 4 heteroatoms. The van der Waals surface area contributed by atoms with Gasteiger partial charge in [-0.2, -0.15) is 5.26 Å². The molecule has 0 spiro atoms. The van der Waals surface area contributed by atoms with Crippen molar-refractivity contribution in [3.8, 4) is 6.07 Å². The van der Waals surface area contributed by atoms with E-state index in [0.717, 1.165) is 0 Å². The third-order valence-corrected chi connectivity index (χ3v) is 0.484. The highest BCUT2D eigenvalue weighted by molar-refractivity contribution is 5.03. The van der Waals surface area contributed by atoms with Gasteiger partial charge in [-0.1, -0.05) is 0 Å². The Kier molecular flexibility index (Phi) is 0.755. The average molecular weight is 93.1 g/mol. The molecular formula is C3HN4-. The molecule has 0 aromatic carbocycles. The standard InChI is InChI=1S/C3HN4/c4-1-3-5-2-6-7-3/h2H/q-1. The summed E-state index contributed by atoms with van der Waals surface area (Å²) >= 11 is 0. The molecular weight excluding hydrogens is 92.1 g/mol. The lowest BCUT2D eigenvalue weighted by atomic mass is 10.7. The maximum atomic E-state index is 8.01. The van der Waals surface area contributed by atoms with E-state index in [-0.39, 0.29) is 5.82 Å². The predicted octanol–water partition coefficient (Wildman–Crippen LogP) is -0.695. The molecule has 0 aliphatic carbocycles. The first-order valence-corrected chi connectivity index (χ1v) is 1.64. The van der Waals surface area contributed by atoms with Crippen LogP contribution in [0.3, 0.4) is 0 Å². The molecule has 1 aromatic heterocycles. The largest absolute Gasteiger partial charge is 0.357 e. The second kappa shape index (κ2) is 1.39. The van der Waals surface area contributed by atoms with Gasteiger partial charge in [-0.25, -0.2) is 0 Å². The lowest BCUT2D eigenvalue weighted by molar-refractivity contribution is 1.07. The Labute approximate surface area is 39.8 Å². The van der Waals surface area contributed by atoms with Gasteiger partial charge in [-0.3, -0.25) is 0 Å². The second-order valence-electron chi connectivity index (χ2n) is 0.895. The van der Waals surface area contributed by atoms with E-state index in [0.29, 0.717) is 0 Å². The van der Waals surface area contributed by atoms with Crippen molar-refractivity contribution in [1.29, 1.82) is 5.26 Å². The van der Waals surface area contributed by atoms with Gasteiger partial charge in [0, 0.05) is 0 Å². The van der Waals surface area contributed by atoms with Crippen LogP contribution in [-0.4, -0.2) is 10.2 Å². The third-order valence-electron chi connectivity index (χ3n) is 0.484. The van der Waals surface area contributed by atoms with Crippen molar-refractivity contribution in [3.05, 3.63) is 12.2 Å². The number of nitriles is 1. The predicted molar refractivity (Wildman–Crippen MR) is 20.1 cm³/mol. The van der Waals surface area contributed by atoms with E-state index in [1.54, 1.807) is 6.07 Å². The van der Waals surface area contributed by atoms with Crippen LogP contribution in [-0.2, 0) is 0 Å². The number of hydrogen-bond donors (Lipinski definition) is 0. The zero-order valence-electron chi connectivity index (χ0n) is 3.37. The molecule has 0 unspecified atom stereocenters. The zero-order chi connectivity index (χ0) is 5.11. The van der Waals surface area contributed by atoms with Gasteiger partial charge in [0.05, 0.1) is 5.82 Å². The monoisotopic (exact) mass is 93.0 g/mol. The number of hydrogen-bond acceptors (Lipinski definition) is 3. The smallest absolute Gasteiger partial charge is 0.105 e. The third kappa shape index (κ3) is 0.550. The number of rotatable bonds is 0. The van der Waals surface area contributed by atoms with Gasteiger partial charge < -0.3 is 15.2 Å². The van der Waals surface area contributed by atoms with Crippen LogP contribution in [0.15, 0.2) is 6.33 Å². The van der Waals surface area contributed by atoms with Crippen LogP contribution in [0.25, 0.3) is 0 Å². The molecule has 1 aromatic rings. The Morgan fingerprint density at radius 3 is 3.00 bits per heavy atom. The van der Waals surface area contributed by atoms with Crippen molar-refractivity contribution < 1.29 is 0 Å². The van der Waals surface area contributed by atoms with E-state index in [1.165, 1.54) is 6.33 Å². The molecule has 0 N–H and O–H groups in total. The molecule has 7 heavy (non-hydrogen) atoms. The van der Waals surface area contributed by atoms with Crippen molar-refractivity contribution in [2.45, 2.75) is 0 Å². The first-order chi connectivity index (χ1) is 3.43. The van der Waals surface area contributed by atoms with Crippen molar-refractivity contribution in [2.75, 3.05) is 0 Å². The van der Waals surface area contributed by atoms with E-state index >= 15 is 0 Å². The van der Waals surface area contributed by atoms with E-state index in [2.05, 4.69) is 15.2 Å². The summed E-state index contributed by atoms with van der Waals surface area (Å²) in [5.41, 5.74) is 0. The fraction of sp³-hybridized carbons (Fsp3) is 0. The molecule has 0 fully saturated rings. The van der Waals surface area contributed by atoms with Crippen molar-refractivity contribution in [3.63, 3.8) is 0 Å². The molecule has 0 aliphatic rings. The van der Waals surface area contributed by atoms with E-state index < -0.39 is 0 Å². The molecule has 0 radical (unpaired) electrons. The van der Waals surface area contributed by atoms with Crippen LogP contribution in [0.2, 0.25) is 0 Å². The summed E-state index contributed by atoms with van der Waals surface area (Å²) in [5, 5.41) is 14.6. The summed E-state index contributed by atoms with van der Waals surface area (Å²) in [7, 11) is 0. The summed E-state index contributed by atoms with van der Waals surface area (Å²) < 4.78 is 0. The topological polar surface area (TPSA) is 63.7 Å². The van der Waals surface area contributed by atoms with E-state index in [1.807, 2.05) is 0 Å². The number of aromatic nitrogens is 3. The average Bonchev–Trinajstić information content (AvgIpc) is 2.14. The normalized spacial score (nSPS) is 7.86. The van der Waals surface area contributed by atoms with Crippen LogP contribution in [0.5, 0.6) is 0 Å². The Hall–Kier alpha value is -1.37. The molecule has 1 rings (SSSR count). The van der Waals surface area contributed by atoms with Gasteiger partial charge >= 0.3 is 0 Å². The second-order valence-corrected chi connectivity index (χ2v) is 0.895. The Bertz CT molecular complexity index is 169. The fourth-order valence-corrected chi connectivity index (χ4v) is 0.238. The lowest BCUT2D eigenvalue weighted by Gasteiger charge is -1.74. The van der Waals surface area contributed by atoms with Crippen molar-refractivity contribution in [1.82, 2.24) is 15.2 Å². The van der Waals surface area contributed by atoms with Gasteiger partial charge in [0.2, 0.25) is 0 Å². The molecule has 0 atom stereocenters.